The highest BCUT2D eigenvalue weighted by molar-refractivity contribution is 5.43. The highest BCUT2D eigenvalue weighted by atomic mass is 16.1. The summed E-state index contributed by atoms with van der Waals surface area (Å²) in [4.78, 5) is 18.1. The highest BCUT2D eigenvalue weighted by Crippen LogP contribution is 2.49. The molecule has 3 heteroatoms. The predicted molar refractivity (Wildman–Crippen MR) is 48.0 cm³/mol. The molecule has 0 spiro atoms. The Hall–Kier alpha value is -1.47. The summed E-state index contributed by atoms with van der Waals surface area (Å²) in [6.45, 7) is 1.99. The van der Waals surface area contributed by atoms with E-state index in [1.54, 1.807) is 18.5 Å². The third-order valence-electron chi connectivity index (χ3n) is 2.50. The maximum Gasteiger partial charge on any atom is 0.235 e. The number of hydrogen-bond acceptors (Lipinski definition) is 3. The van der Waals surface area contributed by atoms with E-state index in [2.05, 4.69) is 9.98 Å². The number of hydrogen-bond donors (Lipinski definition) is 0. The number of carbonyl (C=O) groups excluding carboxylic acids is 1. The van der Waals surface area contributed by atoms with Gasteiger partial charge in [-0.1, -0.05) is 0 Å². The number of nitrogens with zero attached hydrogens (tertiary/aromatic N) is 2. The van der Waals surface area contributed by atoms with Crippen molar-refractivity contribution < 1.29 is 4.79 Å². The molecule has 0 atom stereocenters. The van der Waals surface area contributed by atoms with Gasteiger partial charge in [-0.2, -0.15) is 4.99 Å². The molecular weight excluding hydrogens is 164 g/mol. The molecule has 0 radical (unpaired) electrons. The Morgan fingerprint density at radius 1 is 1.62 bits per heavy atom. The lowest BCUT2D eigenvalue weighted by Crippen LogP contribution is -2.04. The number of pyridine rings is 1. The molecule has 1 fully saturated rings. The van der Waals surface area contributed by atoms with Gasteiger partial charge in [0.1, 0.15) is 0 Å². The van der Waals surface area contributed by atoms with Gasteiger partial charge in [0.2, 0.25) is 6.08 Å². The summed E-state index contributed by atoms with van der Waals surface area (Å²) in [6, 6.07) is 1.93. The normalized spacial score (nSPS) is 17.6. The topological polar surface area (TPSA) is 42.3 Å². The van der Waals surface area contributed by atoms with E-state index in [1.807, 2.05) is 13.0 Å². The Balaban J connectivity index is 2.46. The van der Waals surface area contributed by atoms with Crippen LogP contribution in [-0.2, 0) is 10.3 Å². The van der Waals surface area contributed by atoms with Gasteiger partial charge < -0.3 is 0 Å². The Bertz CT molecular complexity index is 376. The average Bonchev–Trinajstić information content (AvgIpc) is 2.87. The Kier molecular flexibility index (Phi) is 1.74. The molecule has 66 valence electrons. The maximum atomic E-state index is 10.2. The fraction of sp³-hybridized carbons (Fsp3) is 0.400. The van der Waals surface area contributed by atoms with Crippen molar-refractivity contribution >= 4 is 6.08 Å². The van der Waals surface area contributed by atoms with Crippen LogP contribution in [0.15, 0.2) is 23.5 Å². The summed E-state index contributed by atoms with van der Waals surface area (Å²) in [5.74, 6) is 0. The fourth-order valence-electron chi connectivity index (χ4n) is 1.64. The minimum Gasteiger partial charge on any atom is -0.264 e. The van der Waals surface area contributed by atoms with E-state index >= 15 is 0 Å². The summed E-state index contributed by atoms with van der Waals surface area (Å²) < 4.78 is 0. The lowest BCUT2D eigenvalue weighted by Gasteiger charge is -2.09. The van der Waals surface area contributed by atoms with Crippen LogP contribution >= 0.6 is 0 Å². The minimum absolute atomic E-state index is 0.255. The van der Waals surface area contributed by atoms with Crippen molar-refractivity contribution in [2.45, 2.75) is 25.3 Å². The summed E-state index contributed by atoms with van der Waals surface area (Å²) in [6.07, 6.45) is 7.09. The number of aryl methyl sites for hydroxylation is 1. The minimum atomic E-state index is -0.255. The van der Waals surface area contributed by atoms with Crippen LogP contribution in [-0.4, -0.2) is 11.1 Å². The van der Waals surface area contributed by atoms with Crippen LogP contribution in [0, 0.1) is 6.92 Å². The van der Waals surface area contributed by atoms with Crippen LogP contribution in [0.1, 0.15) is 24.0 Å². The molecule has 0 aromatic carbocycles. The molecule has 0 aliphatic heterocycles. The van der Waals surface area contributed by atoms with Gasteiger partial charge in [-0.25, -0.2) is 4.79 Å². The van der Waals surface area contributed by atoms with Crippen molar-refractivity contribution in [2.75, 3.05) is 0 Å². The molecular formula is C10H10N2O. The van der Waals surface area contributed by atoms with E-state index in [1.165, 1.54) is 0 Å². The van der Waals surface area contributed by atoms with E-state index in [-0.39, 0.29) is 5.54 Å². The average molecular weight is 174 g/mol. The first kappa shape index (κ1) is 8.14. The molecule has 0 amide bonds. The Labute approximate surface area is 76.5 Å². The molecule has 1 aromatic heterocycles. The summed E-state index contributed by atoms with van der Waals surface area (Å²) in [5, 5.41) is 0. The number of aromatic nitrogens is 1. The monoisotopic (exact) mass is 174 g/mol. The Morgan fingerprint density at radius 2 is 2.38 bits per heavy atom. The SMILES string of the molecule is Cc1cnccc1C1(N=C=O)CC1. The zero-order chi connectivity index (χ0) is 9.31. The van der Waals surface area contributed by atoms with Crippen LogP contribution in [0.25, 0.3) is 0 Å². The largest absolute Gasteiger partial charge is 0.264 e. The standard InChI is InChI=1S/C10H10N2O/c1-8-6-11-5-2-9(8)10(3-4-10)12-7-13/h2,5-6H,3-4H2,1H3. The van der Waals surface area contributed by atoms with Crippen LogP contribution in [0.3, 0.4) is 0 Å². The second kappa shape index (κ2) is 2.79. The molecule has 2 rings (SSSR count). The lowest BCUT2D eigenvalue weighted by molar-refractivity contribution is 0.556. The highest BCUT2D eigenvalue weighted by Gasteiger charge is 2.45. The van der Waals surface area contributed by atoms with Gasteiger partial charge in [-0.05, 0) is 37.0 Å². The van der Waals surface area contributed by atoms with Crippen molar-refractivity contribution in [3.63, 3.8) is 0 Å². The summed E-state index contributed by atoms with van der Waals surface area (Å²) in [5.41, 5.74) is 1.96. The van der Waals surface area contributed by atoms with Crippen molar-refractivity contribution in [3.8, 4) is 0 Å². The zero-order valence-corrected chi connectivity index (χ0v) is 7.45. The molecule has 1 aliphatic rings. The number of isocyanates is 1. The molecule has 1 heterocycles. The van der Waals surface area contributed by atoms with Gasteiger partial charge in [0, 0.05) is 12.4 Å². The number of aliphatic imine (C=N–C) groups is 1. The van der Waals surface area contributed by atoms with E-state index in [0.29, 0.717) is 0 Å². The molecule has 1 saturated carbocycles. The summed E-state index contributed by atoms with van der Waals surface area (Å²) in [7, 11) is 0. The molecule has 1 aromatic rings. The second-order valence-electron chi connectivity index (χ2n) is 3.43. The van der Waals surface area contributed by atoms with E-state index < -0.39 is 0 Å². The molecule has 0 bridgehead atoms. The molecule has 3 nitrogen and oxygen atoms in total. The lowest BCUT2D eigenvalue weighted by atomic mass is 10.0. The maximum absolute atomic E-state index is 10.2. The first-order valence-electron chi connectivity index (χ1n) is 4.29. The van der Waals surface area contributed by atoms with Crippen molar-refractivity contribution in [1.29, 1.82) is 0 Å². The van der Waals surface area contributed by atoms with Gasteiger partial charge in [0.05, 0.1) is 5.54 Å². The van der Waals surface area contributed by atoms with Gasteiger partial charge in [-0.3, -0.25) is 4.98 Å². The fourth-order valence-corrected chi connectivity index (χ4v) is 1.64. The van der Waals surface area contributed by atoms with Gasteiger partial charge >= 0.3 is 0 Å². The van der Waals surface area contributed by atoms with Crippen LogP contribution in [0.4, 0.5) is 0 Å². The van der Waals surface area contributed by atoms with Crippen molar-refractivity contribution in [3.05, 3.63) is 29.6 Å². The van der Waals surface area contributed by atoms with E-state index in [4.69, 9.17) is 0 Å². The molecule has 13 heavy (non-hydrogen) atoms. The molecule has 0 unspecified atom stereocenters. The van der Waals surface area contributed by atoms with Gasteiger partial charge in [0.15, 0.2) is 0 Å². The Morgan fingerprint density at radius 3 is 2.92 bits per heavy atom. The third-order valence-corrected chi connectivity index (χ3v) is 2.50. The van der Waals surface area contributed by atoms with Crippen molar-refractivity contribution in [1.82, 2.24) is 4.98 Å². The van der Waals surface area contributed by atoms with E-state index in [9.17, 15) is 4.79 Å². The smallest absolute Gasteiger partial charge is 0.235 e. The molecule has 0 N–H and O–H groups in total. The van der Waals surface area contributed by atoms with Crippen LogP contribution in [0.2, 0.25) is 0 Å². The molecule has 1 aliphatic carbocycles. The molecule has 0 saturated heterocycles. The summed E-state index contributed by atoms with van der Waals surface area (Å²) >= 11 is 0. The first-order valence-corrected chi connectivity index (χ1v) is 4.29. The predicted octanol–water partition coefficient (Wildman–Crippen LogP) is 1.71. The van der Waals surface area contributed by atoms with Crippen molar-refractivity contribution in [2.24, 2.45) is 4.99 Å². The van der Waals surface area contributed by atoms with Crippen LogP contribution in [0.5, 0.6) is 0 Å². The second-order valence-corrected chi connectivity index (χ2v) is 3.43. The first-order chi connectivity index (χ1) is 6.28. The third kappa shape index (κ3) is 1.27. The number of rotatable bonds is 2. The quantitative estimate of drug-likeness (QED) is 0.506. The van der Waals surface area contributed by atoms with Gasteiger partial charge in [0.25, 0.3) is 0 Å². The zero-order valence-electron chi connectivity index (χ0n) is 7.45. The van der Waals surface area contributed by atoms with E-state index in [0.717, 1.165) is 24.0 Å². The van der Waals surface area contributed by atoms with Gasteiger partial charge in [-0.15, -0.1) is 0 Å². The van der Waals surface area contributed by atoms with Crippen LogP contribution < -0.4 is 0 Å².